The molecule has 7 heteroatoms. The number of benzene rings is 1. The van der Waals surface area contributed by atoms with Crippen LogP contribution in [0.15, 0.2) is 30.5 Å². The number of hydrogen-bond donors (Lipinski definition) is 0. The number of halogens is 2. The van der Waals surface area contributed by atoms with Gasteiger partial charge in [-0.1, -0.05) is 0 Å². The summed E-state index contributed by atoms with van der Waals surface area (Å²) in [5.74, 6) is -3.14. The number of fused-ring (bicyclic) bond motifs is 4. The van der Waals surface area contributed by atoms with Crippen LogP contribution in [0, 0.1) is 11.8 Å². The van der Waals surface area contributed by atoms with Gasteiger partial charge < -0.3 is 9.47 Å². The number of nitrogens with zero attached hydrogens (tertiary/aromatic N) is 2. The first kappa shape index (κ1) is 20.0. The summed E-state index contributed by atoms with van der Waals surface area (Å²) in [5, 5.41) is 0.845. The minimum Gasteiger partial charge on any atom is -0.497 e. The van der Waals surface area contributed by atoms with E-state index in [9.17, 15) is 13.6 Å². The quantitative estimate of drug-likeness (QED) is 0.699. The average Bonchev–Trinajstić information content (AvgIpc) is 2.70. The molecule has 0 radical (unpaired) electrons. The number of carbonyl (C=O) groups excluding carboxylic acids is 1. The lowest BCUT2D eigenvalue weighted by molar-refractivity contribution is -0.166. The van der Waals surface area contributed by atoms with Crippen molar-refractivity contribution in [3.63, 3.8) is 0 Å². The number of alkyl halides is 2. The smallest absolute Gasteiger partial charge is 0.303 e. The molecule has 1 aromatic heterocycles. The fourth-order valence-corrected chi connectivity index (χ4v) is 5.01. The van der Waals surface area contributed by atoms with Gasteiger partial charge in [-0.05, 0) is 56.5 Å². The van der Waals surface area contributed by atoms with Gasteiger partial charge >= 0.3 is 5.97 Å². The summed E-state index contributed by atoms with van der Waals surface area (Å²) >= 11 is 0. The number of methoxy groups -OCH3 is 1. The van der Waals surface area contributed by atoms with Gasteiger partial charge in [-0.15, -0.1) is 0 Å². The molecule has 2 aromatic rings. The lowest BCUT2D eigenvalue weighted by atomic mass is 9.71. The number of esters is 1. The number of piperidine rings is 3. The van der Waals surface area contributed by atoms with E-state index < -0.39 is 17.9 Å². The van der Waals surface area contributed by atoms with Crippen molar-refractivity contribution >= 4 is 16.9 Å². The van der Waals surface area contributed by atoms with Crippen molar-refractivity contribution in [3.8, 4) is 5.75 Å². The minimum atomic E-state index is -2.71. The second-order valence-electron chi connectivity index (χ2n) is 8.22. The number of aromatic nitrogens is 1. The zero-order valence-corrected chi connectivity index (χ0v) is 16.9. The molecule has 0 amide bonds. The number of ether oxygens (including phenoxy) is 2. The summed E-state index contributed by atoms with van der Waals surface area (Å²) in [4.78, 5) is 18.4. The summed E-state index contributed by atoms with van der Waals surface area (Å²) in [6.45, 7) is 3.46. The maximum Gasteiger partial charge on any atom is 0.303 e. The van der Waals surface area contributed by atoms with Crippen LogP contribution in [0.1, 0.15) is 38.4 Å². The molecule has 1 aromatic carbocycles. The lowest BCUT2D eigenvalue weighted by Gasteiger charge is -2.52. The van der Waals surface area contributed by atoms with Gasteiger partial charge in [0, 0.05) is 36.5 Å². The van der Waals surface area contributed by atoms with Crippen LogP contribution in [0.4, 0.5) is 8.78 Å². The summed E-state index contributed by atoms with van der Waals surface area (Å²) in [5.41, 5.74) is 1.61. The first-order chi connectivity index (χ1) is 13.8. The van der Waals surface area contributed by atoms with Crippen LogP contribution >= 0.6 is 0 Å². The molecule has 156 valence electrons. The van der Waals surface area contributed by atoms with Gasteiger partial charge in [0.25, 0.3) is 0 Å². The largest absolute Gasteiger partial charge is 0.497 e. The van der Waals surface area contributed by atoms with Gasteiger partial charge in [0.1, 0.15) is 11.9 Å². The van der Waals surface area contributed by atoms with Crippen LogP contribution in [0.3, 0.4) is 0 Å². The molecule has 5 nitrogen and oxygen atoms in total. The summed E-state index contributed by atoms with van der Waals surface area (Å²) < 4.78 is 39.3. The van der Waals surface area contributed by atoms with E-state index in [0.29, 0.717) is 18.7 Å². The lowest BCUT2D eigenvalue weighted by Crippen LogP contribution is -2.59. The van der Waals surface area contributed by atoms with E-state index >= 15 is 0 Å². The van der Waals surface area contributed by atoms with Gasteiger partial charge in [-0.25, -0.2) is 8.78 Å². The molecule has 4 heterocycles. The molecule has 3 aliphatic heterocycles. The van der Waals surface area contributed by atoms with Crippen LogP contribution in [0.5, 0.6) is 5.75 Å². The topological polar surface area (TPSA) is 51.7 Å². The third kappa shape index (κ3) is 3.80. The first-order valence-electron chi connectivity index (χ1n) is 9.99. The summed E-state index contributed by atoms with van der Waals surface area (Å²) in [6, 6.07) is 7.30. The Morgan fingerprint density at radius 3 is 2.76 bits per heavy atom. The number of hydrogen-bond acceptors (Lipinski definition) is 5. The van der Waals surface area contributed by atoms with E-state index in [1.54, 1.807) is 13.3 Å². The molecular weight excluding hydrogens is 378 g/mol. The van der Waals surface area contributed by atoms with Gasteiger partial charge in [-0.2, -0.15) is 0 Å². The van der Waals surface area contributed by atoms with Gasteiger partial charge in [0.15, 0.2) is 0 Å². The number of rotatable bonds is 5. The Kier molecular flexibility index (Phi) is 5.19. The molecular formula is C22H26F2N2O3. The van der Waals surface area contributed by atoms with Crippen molar-refractivity contribution < 1.29 is 23.0 Å². The standard InChI is InChI=1S/C22H26F2N2O3/c1-13(27)29-21(16-6-8-25-19-5-4-15(28-3)11-17(16)19)20-10-14-7-9-26(20)12-18(14)22(2,23)24/h4-6,8,11,14,18,20-21H,7,9-10,12H2,1-3H3/t14-,18-,20-,21+/m0/s1. The highest BCUT2D eigenvalue weighted by atomic mass is 19.3. The van der Waals surface area contributed by atoms with Crippen LogP contribution in [0.25, 0.3) is 10.9 Å². The van der Waals surface area contributed by atoms with Crippen molar-refractivity contribution in [2.24, 2.45) is 11.8 Å². The SMILES string of the molecule is COc1ccc2nccc([C@@H](OC(C)=O)[C@@H]3C[C@@H]4CCN3C[C@@H]4C(C)(F)F)c2c1. The third-order valence-electron chi connectivity index (χ3n) is 6.38. The van der Waals surface area contributed by atoms with Crippen LogP contribution < -0.4 is 4.74 Å². The molecule has 29 heavy (non-hydrogen) atoms. The Labute approximate surface area is 169 Å². The van der Waals surface area contributed by atoms with E-state index in [1.165, 1.54) is 6.92 Å². The molecule has 0 spiro atoms. The van der Waals surface area contributed by atoms with Crippen molar-refractivity contribution in [2.75, 3.05) is 20.2 Å². The zero-order valence-electron chi connectivity index (χ0n) is 16.9. The van der Waals surface area contributed by atoms with E-state index in [4.69, 9.17) is 9.47 Å². The minimum absolute atomic E-state index is 0.0781. The molecule has 0 saturated carbocycles. The van der Waals surface area contributed by atoms with E-state index in [0.717, 1.165) is 36.4 Å². The second kappa shape index (κ2) is 7.52. The van der Waals surface area contributed by atoms with Crippen molar-refractivity contribution in [1.82, 2.24) is 9.88 Å². The Hall–Kier alpha value is -2.28. The fourth-order valence-electron chi connectivity index (χ4n) is 5.01. The fraction of sp³-hybridized carbons (Fsp3) is 0.545. The molecule has 3 saturated heterocycles. The Balaban J connectivity index is 1.74. The first-order valence-corrected chi connectivity index (χ1v) is 9.99. The Morgan fingerprint density at radius 2 is 2.14 bits per heavy atom. The molecule has 0 N–H and O–H groups in total. The van der Waals surface area contributed by atoms with Crippen molar-refractivity contribution in [2.45, 2.75) is 44.8 Å². The van der Waals surface area contributed by atoms with E-state index in [1.807, 2.05) is 24.3 Å². The monoisotopic (exact) mass is 404 g/mol. The molecule has 5 atom stereocenters. The van der Waals surface area contributed by atoms with Gasteiger partial charge in [0.2, 0.25) is 5.92 Å². The molecule has 0 aliphatic carbocycles. The predicted molar refractivity (Wildman–Crippen MR) is 105 cm³/mol. The maximum atomic E-state index is 14.1. The molecule has 3 fully saturated rings. The summed E-state index contributed by atoms with van der Waals surface area (Å²) in [6.07, 6.45) is 2.49. The highest BCUT2D eigenvalue weighted by molar-refractivity contribution is 5.84. The Morgan fingerprint density at radius 1 is 1.34 bits per heavy atom. The van der Waals surface area contributed by atoms with Crippen LogP contribution in [-0.4, -0.2) is 48.0 Å². The average molecular weight is 404 g/mol. The van der Waals surface area contributed by atoms with E-state index in [2.05, 4.69) is 9.88 Å². The highest BCUT2D eigenvalue weighted by Crippen LogP contribution is 2.47. The van der Waals surface area contributed by atoms with Gasteiger partial charge in [-0.3, -0.25) is 14.7 Å². The summed E-state index contributed by atoms with van der Waals surface area (Å²) in [7, 11) is 1.59. The number of carbonyl (C=O) groups is 1. The number of pyridine rings is 1. The third-order valence-corrected chi connectivity index (χ3v) is 6.38. The maximum absolute atomic E-state index is 14.1. The normalized spacial score (nSPS) is 27.6. The Bertz CT molecular complexity index is 915. The van der Waals surface area contributed by atoms with Crippen LogP contribution in [0.2, 0.25) is 0 Å². The molecule has 3 aliphatic rings. The second-order valence-corrected chi connectivity index (χ2v) is 8.22. The molecule has 5 rings (SSSR count). The van der Waals surface area contributed by atoms with Crippen LogP contribution in [-0.2, 0) is 9.53 Å². The van der Waals surface area contributed by atoms with Crippen molar-refractivity contribution in [3.05, 3.63) is 36.0 Å². The predicted octanol–water partition coefficient (Wildman–Crippen LogP) is 4.21. The molecule has 2 bridgehead atoms. The van der Waals surface area contributed by atoms with Gasteiger partial charge in [0.05, 0.1) is 18.7 Å². The highest BCUT2D eigenvalue weighted by Gasteiger charge is 2.51. The van der Waals surface area contributed by atoms with Crippen molar-refractivity contribution in [1.29, 1.82) is 0 Å². The molecule has 1 unspecified atom stereocenters. The zero-order chi connectivity index (χ0) is 20.8. The van der Waals surface area contributed by atoms with E-state index in [-0.39, 0.29) is 17.9 Å².